The molecule has 0 unspecified atom stereocenters. The van der Waals surface area contributed by atoms with Crippen molar-refractivity contribution in [3.63, 3.8) is 0 Å². The van der Waals surface area contributed by atoms with Crippen LogP contribution in [0, 0.1) is 11.3 Å². The average molecular weight is 470 g/mol. The first-order valence-electron chi connectivity index (χ1n) is 11.1. The zero-order chi connectivity index (χ0) is 22.8. The van der Waals surface area contributed by atoms with E-state index in [4.69, 9.17) is 4.98 Å². The third-order valence-corrected chi connectivity index (χ3v) is 5.96. The van der Waals surface area contributed by atoms with E-state index in [0.717, 1.165) is 57.4 Å². The van der Waals surface area contributed by atoms with Gasteiger partial charge in [0, 0.05) is 28.9 Å². The Bertz CT molecular complexity index is 1460. The lowest BCUT2D eigenvalue weighted by molar-refractivity contribution is 0.820. The number of benzene rings is 2. The van der Waals surface area contributed by atoms with E-state index in [1.807, 2.05) is 24.3 Å². The van der Waals surface area contributed by atoms with Crippen LogP contribution in [0.2, 0.25) is 0 Å². The van der Waals surface area contributed by atoms with Crippen molar-refractivity contribution >= 4 is 23.3 Å². The SMILES string of the molecule is CCc1cc2c(cc(C#N)n2Cc2ccc(-c3ccccc3-c3nn[nH]n3)cc2)c(CC)n1.Cl. The molecule has 34 heavy (non-hydrogen) atoms. The van der Waals surface area contributed by atoms with Crippen LogP contribution in [0.15, 0.2) is 60.7 Å². The van der Waals surface area contributed by atoms with Crippen molar-refractivity contribution in [2.75, 3.05) is 0 Å². The molecule has 0 aliphatic heterocycles. The van der Waals surface area contributed by atoms with Crippen molar-refractivity contribution < 1.29 is 0 Å². The first-order valence-corrected chi connectivity index (χ1v) is 11.1. The van der Waals surface area contributed by atoms with Gasteiger partial charge < -0.3 is 4.57 Å². The van der Waals surface area contributed by atoms with Crippen molar-refractivity contribution in [1.29, 1.82) is 5.26 Å². The topological polar surface area (TPSA) is 96.1 Å². The molecular weight excluding hydrogens is 446 g/mol. The molecule has 0 spiro atoms. The van der Waals surface area contributed by atoms with E-state index in [1.54, 1.807) is 0 Å². The quantitative estimate of drug-likeness (QED) is 0.361. The molecule has 0 aliphatic carbocycles. The van der Waals surface area contributed by atoms with E-state index in [0.29, 0.717) is 18.1 Å². The molecule has 0 saturated heterocycles. The molecule has 0 amide bonds. The Morgan fingerprint density at radius 1 is 0.971 bits per heavy atom. The molecule has 0 aliphatic rings. The summed E-state index contributed by atoms with van der Waals surface area (Å²) < 4.78 is 2.09. The molecule has 0 saturated carbocycles. The fraction of sp³-hybridized carbons (Fsp3) is 0.192. The Labute approximate surface area is 203 Å². The predicted molar refractivity (Wildman–Crippen MR) is 135 cm³/mol. The summed E-state index contributed by atoms with van der Waals surface area (Å²) >= 11 is 0. The van der Waals surface area contributed by atoms with E-state index >= 15 is 0 Å². The highest BCUT2D eigenvalue weighted by atomic mass is 35.5. The first-order chi connectivity index (χ1) is 16.2. The van der Waals surface area contributed by atoms with Gasteiger partial charge in [0.2, 0.25) is 5.82 Å². The molecule has 170 valence electrons. The summed E-state index contributed by atoms with van der Waals surface area (Å²) in [6, 6.07) is 22.9. The lowest BCUT2D eigenvalue weighted by atomic mass is 9.98. The van der Waals surface area contributed by atoms with Crippen LogP contribution in [0.3, 0.4) is 0 Å². The van der Waals surface area contributed by atoms with Gasteiger partial charge in [-0.1, -0.05) is 62.4 Å². The van der Waals surface area contributed by atoms with E-state index in [2.05, 4.69) is 81.5 Å². The van der Waals surface area contributed by atoms with Gasteiger partial charge in [0.25, 0.3) is 0 Å². The number of rotatable bonds is 6. The molecule has 2 aromatic carbocycles. The zero-order valence-corrected chi connectivity index (χ0v) is 19.8. The lowest BCUT2D eigenvalue weighted by Crippen LogP contribution is -2.03. The molecule has 3 heterocycles. The molecule has 0 atom stereocenters. The van der Waals surface area contributed by atoms with Crippen LogP contribution in [0.1, 0.15) is 36.5 Å². The number of fused-ring (bicyclic) bond motifs is 1. The largest absolute Gasteiger partial charge is 0.328 e. The van der Waals surface area contributed by atoms with Gasteiger partial charge >= 0.3 is 0 Å². The van der Waals surface area contributed by atoms with Gasteiger partial charge in [-0.15, -0.1) is 22.6 Å². The minimum Gasteiger partial charge on any atom is -0.328 e. The third-order valence-electron chi connectivity index (χ3n) is 5.96. The number of pyridine rings is 1. The van der Waals surface area contributed by atoms with Gasteiger partial charge in [-0.3, -0.25) is 4.98 Å². The Morgan fingerprint density at radius 2 is 1.74 bits per heavy atom. The molecule has 3 aromatic heterocycles. The number of nitrogens with one attached hydrogen (secondary N) is 1. The van der Waals surface area contributed by atoms with Crippen LogP contribution >= 0.6 is 12.4 Å². The molecule has 8 heteroatoms. The molecule has 5 aromatic rings. The number of hydrogen-bond acceptors (Lipinski definition) is 5. The number of aromatic amines is 1. The lowest BCUT2D eigenvalue weighted by Gasteiger charge is -2.11. The Kier molecular flexibility index (Phi) is 6.71. The maximum Gasteiger partial charge on any atom is 0.205 e. The molecule has 0 fully saturated rings. The normalized spacial score (nSPS) is 10.7. The highest BCUT2D eigenvalue weighted by molar-refractivity contribution is 5.86. The number of H-pyrrole nitrogens is 1. The number of aromatic nitrogens is 6. The van der Waals surface area contributed by atoms with Crippen molar-refractivity contribution in [3.05, 3.63) is 83.3 Å². The van der Waals surface area contributed by atoms with Gasteiger partial charge in [0.1, 0.15) is 11.8 Å². The van der Waals surface area contributed by atoms with Gasteiger partial charge in [-0.25, -0.2) is 0 Å². The second-order valence-corrected chi connectivity index (χ2v) is 7.91. The number of tetrazole rings is 1. The highest BCUT2D eigenvalue weighted by Crippen LogP contribution is 2.30. The number of nitrogens with zero attached hydrogens (tertiary/aromatic N) is 6. The molecular formula is C26H24ClN7. The maximum atomic E-state index is 9.79. The Balaban J connectivity index is 0.00000274. The van der Waals surface area contributed by atoms with Crippen LogP contribution in [0.5, 0.6) is 0 Å². The van der Waals surface area contributed by atoms with Crippen LogP contribution < -0.4 is 0 Å². The number of aryl methyl sites for hydroxylation is 2. The molecule has 1 N–H and O–H groups in total. The zero-order valence-electron chi connectivity index (χ0n) is 19.0. The van der Waals surface area contributed by atoms with Crippen LogP contribution in [0.4, 0.5) is 0 Å². The van der Waals surface area contributed by atoms with Crippen molar-refractivity contribution in [3.8, 4) is 28.6 Å². The second-order valence-electron chi connectivity index (χ2n) is 7.91. The monoisotopic (exact) mass is 469 g/mol. The molecule has 7 nitrogen and oxygen atoms in total. The third kappa shape index (κ3) is 4.16. The fourth-order valence-corrected chi connectivity index (χ4v) is 4.27. The van der Waals surface area contributed by atoms with Crippen LogP contribution in [-0.4, -0.2) is 30.2 Å². The predicted octanol–water partition coefficient (Wildman–Crippen LogP) is 5.35. The van der Waals surface area contributed by atoms with Crippen molar-refractivity contribution in [2.24, 2.45) is 0 Å². The summed E-state index contributed by atoms with van der Waals surface area (Å²) in [5.41, 5.74) is 7.99. The summed E-state index contributed by atoms with van der Waals surface area (Å²) in [6.07, 6.45) is 1.71. The maximum absolute atomic E-state index is 9.79. The molecule has 5 rings (SSSR count). The summed E-state index contributed by atoms with van der Waals surface area (Å²) in [4.78, 5) is 4.77. The van der Waals surface area contributed by atoms with Gasteiger partial charge in [-0.2, -0.15) is 10.5 Å². The average Bonchev–Trinajstić information content (AvgIpc) is 3.52. The minimum absolute atomic E-state index is 0. The second kappa shape index (κ2) is 9.86. The molecule has 0 bridgehead atoms. The summed E-state index contributed by atoms with van der Waals surface area (Å²) in [5.74, 6) is 0.569. The molecule has 0 radical (unpaired) electrons. The number of halogens is 1. The van der Waals surface area contributed by atoms with E-state index in [-0.39, 0.29) is 12.4 Å². The van der Waals surface area contributed by atoms with Crippen molar-refractivity contribution in [2.45, 2.75) is 33.2 Å². The van der Waals surface area contributed by atoms with Crippen molar-refractivity contribution in [1.82, 2.24) is 30.2 Å². The van der Waals surface area contributed by atoms with Gasteiger partial charge in [0.15, 0.2) is 0 Å². The Hall–Kier alpha value is -4.02. The standard InChI is InChI=1S/C26H23N7.ClH/c1-3-19-13-25-23(24(4-2)28-19)14-20(15-27)33(25)16-17-9-11-18(12-10-17)21-7-5-6-8-22(21)26-29-31-32-30-26;/h5-14H,3-4,16H2,1-2H3,(H,29,30,31,32);1H. The smallest absolute Gasteiger partial charge is 0.205 e. The fourth-order valence-electron chi connectivity index (χ4n) is 4.27. The summed E-state index contributed by atoms with van der Waals surface area (Å²) in [6.45, 7) is 4.84. The van der Waals surface area contributed by atoms with Crippen LogP contribution in [-0.2, 0) is 19.4 Å². The highest BCUT2D eigenvalue weighted by Gasteiger charge is 2.15. The summed E-state index contributed by atoms with van der Waals surface area (Å²) in [7, 11) is 0. The van der Waals surface area contributed by atoms with Gasteiger partial charge in [-0.05, 0) is 46.9 Å². The minimum atomic E-state index is 0. The van der Waals surface area contributed by atoms with E-state index in [9.17, 15) is 5.26 Å². The van der Waals surface area contributed by atoms with Crippen LogP contribution in [0.25, 0.3) is 33.4 Å². The van der Waals surface area contributed by atoms with E-state index < -0.39 is 0 Å². The van der Waals surface area contributed by atoms with E-state index in [1.165, 1.54) is 0 Å². The first kappa shape index (κ1) is 23.1. The Morgan fingerprint density at radius 3 is 2.38 bits per heavy atom. The van der Waals surface area contributed by atoms with Gasteiger partial charge in [0.05, 0.1) is 5.52 Å². The summed E-state index contributed by atoms with van der Waals surface area (Å²) in [5, 5.41) is 25.3. The number of nitriles is 1. The number of hydrogen-bond donors (Lipinski definition) is 1.